The van der Waals surface area contributed by atoms with Crippen LogP contribution < -0.4 is 10.6 Å². The van der Waals surface area contributed by atoms with Crippen LogP contribution in [0.4, 0.5) is 9.18 Å². The van der Waals surface area contributed by atoms with E-state index >= 15 is 0 Å². The topological polar surface area (TPSA) is 78.4 Å². The largest absolute Gasteiger partial charge is 0.481 e. The van der Waals surface area contributed by atoms with Gasteiger partial charge in [0.25, 0.3) is 0 Å². The third-order valence-electron chi connectivity index (χ3n) is 3.08. The lowest BCUT2D eigenvalue weighted by Gasteiger charge is -2.19. The standard InChI is InChI=1S/C15H21FN2O3/c1-3-13(9-14(19)20)18-15(21)17-10(2)8-11-4-6-12(16)7-5-11/h4-7,10,13H,3,8-9H2,1-2H3,(H,19,20)(H2,17,18,21). The molecule has 116 valence electrons. The zero-order chi connectivity index (χ0) is 15.8. The van der Waals surface area contributed by atoms with E-state index in [1.54, 1.807) is 12.1 Å². The summed E-state index contributed by atoms with van der Waals surface area (Å²) in [6.07, 6.45) is 1.02. The number of halogens is 1. The molecule has 5 nitrogen and oxygen atoms in total. The molecule has 2 amide bonds. The van der Waals surface area contributed by atoms with Gasteiger partial charge in [-0.15, -0.1) is 0 Å². The van der Waals surface area contributed by atoms with Gasteiger partial charge in [-0.3, -0.25) is 4.79 Å². The summed E-state index contributed by atoms with van der Waals surface area (Å²) < 4.78 is 12.8. The van der Waals surface area contributed by atoms with Crippen molar-refractivity contribution in [1.82, 2.24) is 10.6 Å². The smallest absolute Gasteiger partial charge is 0.315 e. The first-order chi connectivity index (χ1) is 9.90. The fourth-order valence-corrected chi connectivity index (χ4v) is 1.98. The lowest BCUT2D eigenvalue weighted by Crippen LogP contribution is -2.46. The Bertz CT molecular complexity index is 476. The number of rotatable bonds is 7. The fourth-order valence-electron chi connectivity index (χ4n) is 1.98. The third-order valence-corrected chi connectivity index (χ3v) is 3.08. The molecule has 0 aliphatic carbocycles. The van der Waals surface area contributed by atoms with Crippen molar-refractivity contribution in [3.8, 4) is 0 Å². The number of carbonyl (C=O) groups is 2. The van der Waals surface area contributed by atoms with Crippen LogP contribution in [-0.4, -0.2) is 29.2 Å². The molecule has 0 saturated heterocycles. The number of aliphatic carboxylic acids is 1. The van der Waals surface area contributed by atoms with Crippen LogP contribution in [0.3, 0.4) is 0 Å². The molecular weight excluding hydrogens is 275 g/mol. The third kappa shape index (κ3) is 6.74. The van der Waals surface area contributed by atoms with Crippen molar-refractivity contribution in [2.24, 2.45) is 0 Å². The first-order valence-corrected chi connectivity index (χ1v) is 6.94. The van der Waals surface area contributed by atoms with E-state index in [-0.39, 0.29) is 24.3 Å². The van der Waals surface area contributed by atoms with Gasteiger partial charge in [-0.05, 0) is 37.5 Å². The van der Waals surface area contributed by atoms with Gasteiger partial charge in [0, 0.05) is 12.1 Å². The Labute approximate surface area is 123 Å². The van der Waals surface area contributed by atoms with Crippen LogP contribution in [0.15, 0.2) is 24.3 Å². The Morgan fingerprint density at radius 3 is 2.38 bits per heavy atom. The highest BCUT2D eigenvalue weighted by Crippen LogP contribution is 2.06. The summed E-state index contributed by atoms with van der Waals surface area (Å²) in [5, 5.41) is 14.1. The number of carbonyl (C=O) groups excluding carboxylic acids is 1. The quantitative estimate of drug-likeness (QED) is 0.722. The summed E-state index contributed by atoms with van der Waals surface area (Å²) in [5.41, 5.74) is 0.918. The minimum Gasteiger partial charge on any atom is -0.481 e. The Morgan fingerprint density at radius 2 is 1.86 bits per heavy atom. The van der Waals surface area contributed by atoms with Crippen molar-refractivity contribution in [1.29, 1.82) is 0 Å². The van der Waals surface area contributed by atoms with Crippen LogP contribution in [0, 0.1) is 5.82 Å². The molecule has 3 N–H and O–H groups in total. The predicted molar refractivity (Wildman–Crippen MR) is 77.6 cm³/mol. The van der Waals surface area contributed by atoms with Crippen LogP contribution in [0.1, 0.15) is 32.3 Å². The highest BCUT2D eigenvalue weighted by Gasteiger charge is 2.15. The van der Waals surface area contributed by atoms with E-state index in [1.165, 1.54) is 12.1 Å². The summed E-state index contributed by atoms with van der Waals surface area (Å²) >= 11 is 0. The summed E-state index contributed by atoms with van der Waals surface area (Å²) in [5.74, 6) is -1.24. The highest BCUT2D eigenvalue weighted by atomic mass is 19.1. The molecule has 0 radical (unpaired) electrons. The molecule has 0 aliphatic heterocycles. The molecule has 0 saturated carbocycles. The van der Waals surface area contributed by atoms with Gasteiger partial charge in [0.05, 0.1) is 6.42 Å². The molecular formula is C15H21FN2O3. The van der Waals surface area contributed by atoms with Gasteiger partial charge in [-0.2, -0.15) is 0 Å². The highest BCUT2D eigenvalue weighted by molar-refractivity contribution is 5.76. The molecule has 0 fully saturated rings. The maximum absolute atomic E-state index is 12.8. The average Bonchev–Trinajstić information content (AvgIpc) is 2.39. The molecule has 1 rings (SSSR count). The molecule has 0 aliphatic rings. The van der Waals surface area contributed by atoms with E-state index in [4.69, 9.17) is 5.11 Å². The van der Waals surface area contributed by atoms with Crippen molar-refractivity contribution < 1.29 is 19.1 Å². The lowest BCUT2D eigenvalue weighted by atomic mass is 10.1. The fraction of sp³-hybridized carbons (Fsp3) is 0.467. The van der Waals surface area contributed by atoms with Gasteiger partial charge in [0.1, 0.15) is 5.82 Å². The predicted octanol–water partition coefficient (Wildman–Crippen LogP) is 2.31. The second-order valence-electron chi connectivity index (χ2n) is 5.05. The minimum absolute atomic E-state index is 0.101. The van der Waals surface area contributed by atoms with Crippen molar-refractivity contribution in [3.05, 3.63) is 35.6 Å². The number of nitrogens with one attached hydrogen (secondary N) is 2. The lowest BCUT2D eigenvalue weighted by molar-refractivity contribution is -0.137. The van der Waals surface area contributed by atoms with Crippen molar-refractivity contribution >= 4 is 12.0 Å². The summed E-state index contributed by atoms with van der Waals surface area (Å²) in [4.78, 5) is 22.4. The number of hydrogen-bond donors (Lipinski definition) is 3. The maximum Gasteiger partial charge on any atom is 0.315 e. The Hall–Kier alpha value is -2.11. The second-order valence-corrected chi connectivity index (χ2v) is 5.05. The molecule has 1 aromatic carbocycles. The monoisotopic (exact) mass is 296 g/mol. The molecule has 2 atom stereocenters. The van der Waals surface area contributed by atoms with Gasteiger partial charge in [0.2, 0.25) is 0 Å². The summed E-state index contributed by atoms with van der Waals surface area (Å²) in [6, 6.07) is 5.18. The van der Waals surface area contributed by atoms with Crippen molar-refractivity contribution in [2.75, 3.05) is 0 Å². The van der Waals surface area contributed by atoms with E-state index in [2.05, 4.69) is 10.6 Å². The van der Waals surface area contributed by atoms with Gasteiger partial charge in [0.15, 0.2) is 0 Å². The number of carboxylic acid groups (broad SMARTS) is 1. The molecule has 2 unspecified atom stereocenters. The Kier molecular flexibility index (Phi) is 6.65. The van der Waals surface area contributed by atoms with Gasteiger partial charge in [-0.1, -0.05) is 19.1 Å². The number of urea groups is 1. The van der Waals surface area contributed by atoms with E-state index in [1.807, 2.05) is 13.8 Å². The molecule has 0 aromatic heterocycles. The van der Waals surface area contributed by atoms with Crippen LogP contribution >= 0.6 is 0 Å². The maximum atomic E-state index is 12.8. The normalized spacial score (nSPS) is 13.3. The average molecular weight is 296 g/mol. The molecule has 0 bridgehead atoms. The van der Waals surface area contributed by atoms with E-state index < -0.39 is 12.0 Å². The summed E-state index contributed by atoms with van der Waals surface area (Å²) in [7, 11) is 0. The van der Waals surface area contributed by atoms with Crippen molar-refractivity contribution in [2.45, 2.75) is 45.2 Å². The van der Waals surface area contributed by atoms with Gasteiger partial charge in [-0.25, -0.2) is 9.18 Å². The first-order valence-electron chi connectivity index (χ1n) is 6.94. The number of amides is 2. The molecule has 0 spiro atoms. The molecule has 6 heteroatoms. The number of benzene rings is 1. The SMILES string of the molecule is CCC(CC(=O)O)NC(=O)NC(C)Cc1ccc(F)cc1. The van der Waals surface area contributed by atoms with Crippen molar-refractivity contribution in [3.63, 3.8) is 0 Å². The van der Waals surface area contributed by atoms with E-state index in [0.717, 1.165) is 5.56 Å². The Morgan fingerprint density at radius 1 is 1.24 bits per heavy atom. The summed E-state index contributed by atoms with van der Waals surface area (Å²) in [6.45, 7) is 3.65. The zero-order valence-electron chi connectivity index (χ0n) is 12.2. The molecule has 1 aromatic rings. The van der Waals surface area contributed by atoms with Gasteiger partial charge >= 0.3 is 12.0 Å². The molecule has 21 heavy (non-hydrogen) atoms. The number of carboxylic acids is 1. The minimum atomic E-state index is -0.943. The van der Waals surface area contributed by atoms with Crippen LogP contribution in [0.25, 0.3) is 0 Å². The van der Waals surface area contributed by atoms with Crippen LogP contribution in [0.2, 0.25) is 0 Å². The van der Waals surface area contributed by atoms with Crippen LogP contribution in [-0.2, 0) is 11.2 Å². The second kappa shape index (κ2) is 8.24. The molecule has 0 heterocycles. The van der Waals surface area contributed by atoms with Gasteiger partial charge < -0.3 is 15.7 Å². The zero-order valence-corrected chi connectivity index (χ0v) is 12.2. The Balaban J connectivity index is 2.42. The first kappa shape index (κ1) is 16.9. The van der Waals surface area contributed by atoms with Crippen LogP contribution in [0.5, 0.6) is 0 Å². The van der Waals surface area contributed by atoms with E-state index in [9.17, 15) is 14.0 Å². The van der Waals surface area contributed by atoms with E-state index in [0.29, 0.717) is 12.8 Å². The number of hydrogen-bond acceptors (Lipinski definition) is 2.